The lowest BCUT2D eigenvalue weighted by molar-refractivity contribution is 0.0317. The first-order valence-corrected chi connectivity index (χ1v) is 9.92. The smallest absolute Gasteiger partial charge is 0.339 e. The van der Waals surface area contributed by atoms with E-state index < -0.39 is 27.9 Å². The van der Waals surface area contributed by atoms with Crippen LogP contribution < -0.4 is 5.14 Å². The standard InChI is InChI=1S/C16H18N2O6S2/c1-7-13(9(3)19)8(2)18-14(7)15(20)10(4)24-16(21)11-5-12(25-6-11)26(17,22)23/h5-6,10,18H,1-4H3,(H2,17,22,23)/t10-/m0/s1. The second kappa shape index (κ2) is 7.14. The molecule has 0 aromatic carbocycles. The van der Waals surface area contributed by atoms with Gasteiger partial charge in [0.25, 0.3) is 0 Å². The SMILES string of the molecule is CC(=O)c1c(C)[nH]c(C(=O)[C@H](C)OC(=O)c2csc(S(N)(=O)=O)c2)c1C. The molecule has 0 amide bonds. The third-order valence-corrected chi connectivity index (χ3v) is 6.17. The quantitative estimate of drug-likeness (QED) is 0.564. The van der Waals surface area contributed by atoms with E-state index in [1.807, 2.05) is 0 Å². The van der Waals surface area contributed by atoms with Crippen LogP contribution >= 0.6 is 11.3 Å². The van der Waals surface area contributed by atoms with E-state index in [0.717, 1.165) is 17.4 Å². The first kappa shape index (κ1) is 20.0. The lowest BCUT2D eigenvalue weighted by atomic mass is 10.0. The lowest BCUT2D eigenvalue weighted by Crippen LogP contribution is -2.25. The number of primary sulfonamides is 1. The van der Waals surface area contributed by atoms with Crippen molar-refractivity contribution in [1.29, 1.82) is 0 Å². The van der Waals surface area contributed by atoms with Crippen LogP contribution in [0.2, 0.25) is 0 Å². The molecular formula is C16H18N2O6S2. The highest BCUT2D eigenvalue weighted by Crippen LogP contribution is 2.22. The van der Waals surface area contributed by atoms with Gasteiger partial charge in [-0.1, -0.05) is 0 Å². The third-order valence-electron chi connectivity index (χ3n) is 3.78. The minimum atomic E-state index is -3.91. The summed E-state index contributed by atoms with van der Waals surface area (Å²) in [7, 11) is -3.91. The molecule has 1 atom stereocenters. The average Bonchev–Trinajstić information content (AvgIpc) is 3.11. The minimum absolute atomic E-state index is 0.0116. The molecule has 2 rings (SSSR count). The number of ether oxygens (including phenoxy) is 1. The van der Waals surface area contributed by atoms with Gasteiger partial charge in [-0.15, -0.1) is 11.3 Å². The predicted octanol–water partition coefficient (Wildman–Crippen LogP) is 1.97. The van der Waals surface area contributed by atoms with Gasteiger partial charge in [-0.05, 0) is 39.3 Å². The topological polar surface area (TPSA) is 136 Å². The van der Waals surface area contributed by atoms with Crippen LogP contribution in [0.3, 0.4) is 0 Å². The van der Waals surface area contributed by atoms with Crippen molar-refractivity contribution in [1.82, 2.24) is 4.98 Å². The zero-order chi connectivity index (χ0) is 19.8. The van der Waals surface area contributed by atoms with E-state index in [1.165, 1.54) is 19.2 Å². The van der Waals surface area contributed by atoms with E-state index in [0.29, 0.717) is 16.8 Å². The summed E-state index contributed by atoms with van der Waals surface area (Å²) in [5, 5.41) is 6.29. The molecule has 0 saturated carbocycles. The van der Waals surface area contributed by atoms with Crippen LogP contribution in [-0.2, 0) is 14.8 Å². The highest BCUT2D eigenvalue weighted by Gasteiger charge is 2.27. The zero-order valence-corrected chi connectivity index (χ0v) is 16.2. The van der Waals surface area contributed by atoms with Crippen molar-refractivity contribution in [3.63, 3.8) is 0 Å². The highest BCUT2D eigenvalue weighted by atomic mass is 32.2. The Morgan fingerprint density at radius 2 is 1.88 bits per heavy atom. The molecule has 0 unspecified atom stereocenters. The van der Waals surface area contributed by atoms with Gasteiger partial charge in [0.15, 0.2) is 11.9 Å². The van der Waals surface area contributed by atoms with Gasteiger partial charge in [-0.2, -0.15) is 0 Å². The molecule has 8 nitrogen and oxygen atoms in total. The number of nitrogens with two attached hydrogens (primary N) is 1. The van der Waals surface area contributed by atoms with Crippen molar-refractivity contribution < 1.29 is 27.5 Å². The average molecular weight is 398 g/mol. The number of nitrogens with one attached hydrogen (secondary N) is 1. The molecule has 0 bridgehead atoms. The summed E-state index contributed by atoms with van der Waals surface area (Å²) in [4.78, 5) is 39.2. The van der Waals surface area contributed by atoms with E-state index in [1.54, 1.807) is 13.8 Å². The number of hydrogen-bond acceptors (Lipinski definition) is 7. The number of thiophene rings is 1. The molecule has 0 saturated heterocycles. The number of rotatable bonds is 6. The number of hydrogen-bond donors (Lipinski definition) is 2. The Bertz CT molecular complexity index is 1000. The van der Waals surface area contributed by atoms with Crippen LogP contribution in [0.15, 0.2) is 15.7 Å². The monoisotopic (exact) mass is 398 g/mol. The Hall–Kier alpha value is -2.30. The fourth-order valence-electron chi connectivity index (χ4n) is 2.58. The second-order valence-corrected chi connectivity index (χ2v) is 8.49. The number of sulfonamides is 1. The van der Waals surface area contributed by atoms with E-state index in [2.05, 4.69) is 4.98 Å². The number of aromatic nitrogens is 1. The molecule has 10 heteroatoms. The van der Waals surface area contributed by atoms with E-state index in [4.69, 9.17) is 9.88 Å². The van der Waals surface area contributed by atoms with Gasteiger partial charge in [-0.25, -0.2) is 18.4 Å². The number of carbonyl (C=O) groups is 3. The zero-order valence-electron chi connectivity index (χ0n) is 14.6. The van der Waals surface area contributed by atoms with Gasteiger partial charge in [0, 0.05) is 16.6 Å². The molecular weight excluding hydrogens is 380 g/mol. The van der Waals surface area contributed by atoms with E-state index >= 15 is 0 Å². The van der Waals surface area contributed by atoms with Crippen LogP contribution in [0.25, 0.3) is 0 Å². The summed E-state index contributed by atoms with van der Waals surface area (Å²) in [5.41, 5.74) is 1.68. The maximum absolute atomic E-state index is 12.6. The largest absolute Gasteiger partial charge is 0.451 e. The van der Waals surface area contributed by atoms with E-state index in [9.17, 15) is 22.8 Å². The number of Topliss-reactive ketones (excluding diaryl/α,β-unsaturated/α-hetero) is 2. The molecule has 26 heavy (non-hydrogen) atoms. The van der Waals surface area contributed by atoms with Crippen LogP contribution in [0.5, 0.6) is 0 Å². The number of aryl methyl sites for hydroxylation is 1. The molecule has 0 fully saturated rings. The molecule has 0 aliphatic rings. The normalized spacial score (nSPS) is 12.7. The fraction of sp³-hybridized carbons (Fsp3) is 0.312. The number of aromatic amines is 1. The minimum Gasteiger partial charge on any atom is -0.451 e. The third kappa shape index (κ3) is 3.92. The molecule has 0 radical (unpaired) electrons. The first-order valence-electron chi connectivity index (χ1n) is 7.50. The lowest BCUT2D eigenvalue weighted by Gasteiger charge is -2.11. The van der Waals surface area contributed by atoms with Gasteiger partial charge in [0.1, 0.15) is 4.21 Å². The highest BCUT2D eigenvalue weighted by molar-refractivity contribution is 7.91. The second-order valence-electron chi connectivity index (χ2n) is 5.79. The Balaban J connectivity index is 2.19. The summed E-state index contributed by atoms with van der Waals surface area (Å²) in [5.74, 6) is -1.51. The van der Waals surface area contributed by atoms with Crippen molar-refractivity contribution in [3.05, 3.63) is 39.5 Å². The predicted molar refractivity (Wildman–Crippen MR) is 95.2 cm³/mol. The Kier molecular flexibility index (Phi) is 5.49. The molecule has 0 spiro atoms. The number of H-pyrrole nitrogens is 1. The van der Waals surface area contributed by atoms with Crippen molar-refractivity contribution in [2.45, 2.75) is 38.0 Å². The maximum Gasteiger partial charge on any atom is 0.339 e. The number of carbonyl (C=O) groups excluding carboxylic acids is 3. The number of esters is 1. The summed E-state index contributed by atoms with van der Waals surface area (Å²) in [6.45, 7) is 6.12. The molecule has 0 aliphatic carbocycles. The van der Waals surface area contributed by atoms with Gasteiger partial charge in [0.2, 0.25) is 15.8 Å². The molecule has 2 heterocycles. The Morgan fingerprint density at radius 3 is 2.35 bits per heavy atom. The van der Waals surface area contributed by atoms with Crippen molar-refractivity contribution in [2.75, 3.05) is 0 Å². The van der Waals surface area contributed by atoms with Crippen LogP contribution in [-0.4, -0.2) is 37.0 Å². The summed E-state index contributed by atoms with van der Waals surface area (Å²) >= 11 is 0.785. The summed E-state index contributed by atoms with van der Waals surface area (Å²) in [6, 6.07) is 1.09. The van der Waals surface area contributed by atoms with Gasteiger partial charge in [0.05, 0.1) is 11.3 Å². The van der Waals surface area contributed by atoms with Crippen LogP contribution in [0.4, 0.5) is 0 Å². The van der Waals surface area contributed by atoms with Gasteiger partial charge >= 0.3 is 5.97 Å². The van der Waals surface area contributed by atoms with Gasteiger partial charge in [-0.3, -0.25) is 9.59 Å². The van der Waals surface area contributed by atoms with Gasteiger partial charge < -0.3 is 9.72 Å². The fourth-order valence-corrected chi connectivity index (χ4v) is 4.16. The molecule has 3 N–H and O–H groups in total. The van der Waals surface area contributed by atoms with Crippen molar-refractivity contribution >= 4 is 38.9 Å². The molecule has 2 aromatic heterocycles. The van der Waals surface area contributed by atoms with Crippen molar-refractivity contribution in [2.24, 2.45) is 5.14 Å². The summed E-state index contributed by atoms with van der Waals surface area (Å²) < 4.78 is 27.5. The molecule has 140 valence electrons. The molecule has 0 aliphatic heterocycles. The van der Waals surface area contributed by atoms with E-state index in [-0.39, 0.29) is 21.2 Å². The summed E-state index contributed by atoms with van der Waals surface area (Å²) in [6.07, 6.45) is -1.13. The van der Waals surface area contributed by atoms with Crippen LogP contribution in [0.1, 0.15) is 56.3 Å². The Morgan fingerprint density at radius 1 is 1.27 bits per heavy atom. The van der Waals surface area contributed by atoms with Crippen molar-refractivity contribution in [3.8, 4) is 0 Å². The maximum atomic E-state index is 12.6. The first-order chi connectivity index (χ1) is 11.9. The Labute approximate surface area is 154 Å². The number of ketones is 2. The molecule has 2 aromatic rings. The van der Waals surface area contributed by atoms with Crippen LogP contribution in [0, 0.1) is 13.8 Å².